The molecule has 0 aliphatic rings. The second kappa shape index (κ2) is 8.76. The summed E-state index contributed by atoms with van der Waals surface area (Å²) in [5.74, 6) is 3.41. The predicted molar refractivity (Wildman–Crippen MR) is 117 cm³/mol. The summed E-state index contributed by atoms with van der Waals surface area (Å²) in [5, 5.41) is 15.7. The van der Waals surface area contributed by atoms with Crippen molar-refractivity contribution in [1.82, 2.24) is 9.97 Å². The highest BCUT2D eigenvalue weighted by atomic mass is 16.5. The first kappa shape index (κ1) is 19.0. The highest BCUT2D eigenvalue weighted by Gasteiger charge is 2.06. The quantitative estimate of drug-likeness (QED) is 0.422. The molecule has 4 rings (SSSR count). The molecule has 3 aromatic carbocycles. The van der Waals surface area contributed by atoms with Gasteiger partial charge in [-0.2, -0.15) is 5.26 Å². The number of rotatable bonds is 6. The van der Waals surface area contributed by atoms with Crippen LogP contribution in [0.25, 0.3) is 0 Å². The first-order valence-corrected chi connectivity index (χ1v) is 9.41. The molecule has 0 spiro atoms. The van der Waals surface area contributed by atoms with E-state index >= 15 is 0 Å². The fourth-order valence-corrected chi connectivity index (χ4v) is 2.90. The Morgan fingerprint density at radius 1 is 0.767 bits per heavy atom. The molecule has 30 heavy (non-hydrogen) atoms. The van der Waals surface area contributed by atoms with Crippen LogP contribution in [-0.2, 0) is 0 Å². The average molecular weight is 393 g/mol. The van der Waals surface area contributed by atoms with Gasteiger partial charge in [-0.05, 0) is 55.5 Å². The van der Waals surface area contributed by atoms with Crippen LogP contribution in [0, 0.1) is 18.3 Å². The Labute approximate surface area is 174 Å². The molecule has 1 heterocycles. The van der Waals surface area contributed by atoms with Gasteiger partial charge in [-0.25, -0.2) is 9.97 Å². The Morgan fingerprint density at radius 3 is 2.13 bits per heavy atom. The lowest BCUT2D eigenvalue weighted by molar-refractivity contribution is 0.483. The number of hydrogen-bond donors (Lipinski definition) is 2. The minimum absolute atomic E-state index is 0.553. The van der Waals surface area contributed by atoms with Gasteiger partial charge < -0.3 is 15.4 Å². The topological polar surface area (TPSA) is 82.9 Å². The lowest BCUT2D eigenvalue weighted by Gasteiger charge is -2.12. The lowest BCUT2D eigenvalue weighted by Crippen LogP contribution is -2.02. The maximum absolute atomic E-state index is 9.27. The zero-order chi connectivity index (χ0) is 20.8. The fourth-order valence-electron chi connectivity index (χ4n) is 2.90. The van der Waals surface area contributed by atoms with E-state index in [0.29, 0.717) is 28.7 Å². The Morgan fingerprint density at radius 2 is 1.40 bits per heavy atom. The Balaban J connectivity index is 1.49. The highest BCUT2D eigenvalue weighted by molar-refractivity contribution is 5.67. The minimum atomic E-state index is 0.553. The Hall–Kier alpha value is -4.37. The number of benzene rings is 3. The van der Waals surface area contributed by atoms with E-state index in [4.69, 9.17) is 4.74 Å². The Bertz CT molecular complexity index is 1180. The van der Waals surface area contributed by atoms with Crippen LogP contribution in [-0.4, -0.2) is 9.97 Å². The summed E-state index contributed by atoms with van der Waals surface area (Å²) in [7, 11) is 0. The number of nitrogens with zero attached hydrogens (tertiary/aromatic N) is 3. The van der Waals surface area contributed by atoms with Crippen molar-refractivity contribution in [3.8, 4) is 17.6 Å². The average Bonchev–Trinajstić information content (AvgIpc) is 2.76. The zero-order valence-corrected chi connectivity index (χ0v) is 16.3. The summed E-state index contributed by atoms with van der Waals surface area (Å²) >= 11 is 0. The number of nitrogens with one attached hydrogen (secondary N) is 2. The van der Waals surface area contributed by atoms with E-state index in [0.717, 1.165) is 17.2 Å². The van der Waals surface area contributed by atoms with Crippen molar-refractivity contribution in [3.05, 3.63) is 96.3 Å². The van der Waals surface area contributed by atoms with Crippen molar-refractivity contribution in [1.29, 1.82) is 5.26 Å². The maximum Gasteiger partial charge on any atom is 0.136 e. The van der Waals surface area contributed by atoms with Crippen molar-refractivity contribution < 1.29 is 4.74 Å². The molecule has 6 nitrogen and oxygen atoms in total. The smallest absolute Gasteiger partial charge is 0.136 e. The van der Waals surface area contributed by atoms with E-state index < -0.39 is 0 Å². The van der Waals surface area contributed by atoms with Crippen molar-refractivity contribution >= 4 is 23.0 Å². The van der Waals surface area contributed by atoms with Gasteiger partial charge in [0, 0.05) is 11.8 Å². The monoisotopic (exact) mass is 393 g/mol. The molecule has 6 heteroatoms. The molecule has 0 saturated heterocycles. The summed E-state index contributed by atoms with van der Waals surface area (Å²) in [6.07, 6.45) is 0. The standard InChI is InChI=1S/C24H19N5O/c1-17-26-23(15-24(27-17)29-22-10-6-5-7-18(22)16-25)28-19-11-13-21(14-12-19)30-20-8-3-2-4-9-20/h2-15H,1H3,(H2,26,27,28,29). The highest BCUT2D eigenvalue weighted by Crippen LogP contribution is 2.25. The molecule has 0 fully saturated rings. The van der Waals surface area contributed by atoms with Crippen molar-refractivity contribution in [2.45, 2.75) is 6.92 Å². The lowest BCUT2D eigenvalue weighted by atomic mass is 10.2. The third-order valence-corrected chi connectivity index (χ3v) is 4.25. The van der Waals surface area contributed by atoms with Gasteiger partial charge in [0.2, 0.25) is 0 Å². The summed E-state index contributed by atoms with van der Waals surface area (Å²) in [6, 6.07) is 28.6. The van der Waals surface area contributed by atoms with Gasteiger partial charge in [-0.3, -0.25) is 0 Å². The van der Waals surface area contributed by atoms with E-state index in [-0.39, 0.29) is 0 Å². The predicted octanol–water partition coefficient (Wildman–Crippen LogP) is 5.94. The third-order valence-electron chi connectivity index (χ3n) is 4.25. The Kier molecular flexibility index (Phi) is 5.54. The van der Waals surface area contributed by atoms with Crippen LogP contribution in [0.4, 0.5) is 23.0 Å². The molecule has 0 aliphatic heterocycles. The molecular formula is C24H19N5O. The molecule has 0 atom stereocenters. The van der Waals surface area contributed by atoms with Gasteiger partial charge in [0.05, 0.1) is 11.3 Å². The number of nitriles is 1. The largest absolute Gasteiger partial charge is 0.457 e. The third kappa shape index (κ3) is 4.72. The number of anilines is 4. The van der Waals surface area contributed by atoms with Crippen LogP contribution >= 0.6 is 0 Å². The van der Waals surface area contributed by atoms with E-state index in [2.05, 4.69) is 26.7 Å². The summed E-state index contributed by atoms with van der Waals surface area (Å²) in [5.41, 5.74) is 2.13. The molecule has 0 unspecified atom stereocenters. The molecule has 4 aromatic rings. The fraction of sp³-hybridized carbons (Fsp3) is 0.0417. The molecule has 0 amide bonds. The summed E-state index contributed by atoms with van der Waals surface area (Å²) in [4.78, 5) is 8.86. The molecule has 0 radical (unpaired) electrons. The molecule has 0 saturated carbocycles. The normalized spacial score (nSPS) is 10.1. The van der Waals surface area contributed by atoms with Crippen LogP contribution in [0.2, 0.25) is 0 Å². The molecule has 0 bridgehead atoms. The minimum Gasteiger partial charge on any atom is -0.457 e. The van der Waals surface area contributed by atoms with E-state index in [1.165, 1.54) is 0 Å². The summed E-state index contributed by atoms with van der Waals surface area (Å²) < 4.78 is 5.82. The van der Waals surface area contributed by atoms with Crippen LogP contribution in [0.15, 0.2) is 84.9 Å². The number of ether oxygens (including phenoxy) is 1. The van der Waals surface area contributed by atoms with Crippen LogP contribution in [0.1, 0.15) is 11.4 Å². The van der Waals surface area contributed by atoms with Crippen LogP contribution in [0.5, 0.6) is 11.5 Å². The van der Waals surface area contributed by atoms with Gasteiger partial charge in [-0.1, -0.05) is 30.3 Å². The molecule has 2 N–H and O–H groups in total. The number of para-hydroxylation sites is 2. The molecule has 0 aliphatic carbocycles. The van der Waals surface area contributed by atoms with Crippen LogP contribution < -0.4 is 15.4 Å². The van der Waals surface area contributed by atoms with E-state index in [1.54, 1.807) is 12.1 Å². The maximum atomic E-state index is 9.27. The second-order valence-corrected chi connectivity index (χ2v) is 6.53. The first-order chi connectivity index (χ1) is 14.7. The van der Waals surface area contributed by atoms with Crippen molar-refractivity contribution in [2.24, 2.45) is 0 Å². The second-order valence-electron chi connectivity index (χ2n) is 6.53. The van der Waals surface area contributed by atoms with Gasteiger partial charge >= 0.3 is 0 Å². The molecule has 1 aromatic heterocycles. The first-order valence-electron chi connectivity index (χ1n) is 9.41. The van der Waals surface area contributed by atoms with Gasteiger partial charge in [0.15, 0.2) is 0 Å². The van der Waals surface area contributed by atoms with Gasteiger partial charge in [-0.15, -0.1) is 0 Å². The van der Waals surface area contributed by atoms with E-state index in [9.17, 15) is 5.26 Å². The van der Waals surface area contributed by atoms with Crippen molar-refractivity contribution in [3.63, 3.8) is 0 Å². The SMILES string of the molecule is Cc1nc(Nc2ccc(Oc3ccccc3)cc2)cc(Nc2ccccc2C#N)n1. The van der Waals surface area contributed by atoms with Gasteiger partial charge in [0.1, 0.15) is 35.0 Å². The number of aryl methyl sites for hydroxylation is 1. The number of aromatic nitrogens is 2. The zero-order valence-electron chi connectivity index (χ0n) is 16.3. The molecular weight excluding hydrogens is 374 g/mol. The summed E-state index contributed by atoms with van der Waals surface area (Å²) in [6.45, 7) is 1.82. The van der Waals surface area contributed by atoms with E-state index in [1.807, 2.05) is 79.7 Å². The van der Waals surface area contributed by atoms with Gasteiger partial charge in [0.25, 0.3) is 0 Å². The molecule has 146 valence electrons. The number of hydrogen-bond acceptors (Lipinski definition) is 6. The van der Waals surface area contributed by atoms with Crippen molar-refractivity contribution in [2.75, 3.05) is 10.6 Å². The van der Waals surface area contributed by atoms with Crippen LogP contribution in [0.3, 0.4) is 0 Å².